The van der Waals surface area contributed by atoms with E-state index in [4.69, 9.17) is 5.11 Å². The molecule has 0 radical (unpaired) electrons. The first-order valence-electron chi connectivity index (χ1n) is 6.34. The minimum atomic E-state index is -1.03. The molecule has 6 heteroatoms. The summed E-state index contributed by atoms with van der Waals surface area (Å²) in [7, 11) is 0. The van der Waals surface area contributed by atoms with Gasteiger partial charge < -0.3 is 10.4 Å². The molecule has 0 aliphatic rings. The van der Waals surface area contributed by atoms with Crippen LogP contribution in [0, 0.1) is 11.7 Å². The summed E-state index contributed by atoms with van der Waals surface area (Å²) in [6.45, 7) is 3.66. The molecule has 0 aliphatic carbocycles. The van der Waals surface area contributed by atoms with Gasteiger partial charge in [-0.15, -0.1) is 11.8 Å². The first-order chi connectivity index (χ1) is 9.43. The molecule has 1 amide bonds. The number of benzene rings is 1. The van der Waals surface area contributed by atoms with Crippen molar-refractivity contribution in [3.63, 3.8) is 0 Å². The number of thioether (sulfide) groups is 1. The third-order valence-corrected chi connectivity index (χ3v) is 3.99. The number of halogens is 1. The average molecular weight is 299 g/mol. The van der Waals surface area contributed by atoms with Gasteiger partial charge in [0.25, 0.3) is 0 Å². The van der Waals surface area contributed by atoms with Crippen LogP contribution in [-0.4, -0.2) is 28.8 Å². The molecule has 0 saturated heterocycles. The number of hydrogen-bond acceptors (Lipinski definition) is 3. The number of nitrogens with one attached hydrogen (secondary N) is 1. The Bertz CT molecular complexity index is 464. The van der Waals surface area contributed by atoms with Crippen LogP contribution in [0.1, 0.15) is 20.3 Å². The van der Waals surface area contributed by atoms with Gasteiger partial charge in [0, 0.05) is 4.90 Å². The summed E-state index contributed by atoms with van der Waals surface area (Å²) >= 11 is 1.24. The van der Waals surface area contributed by atoms with Crippen molar-refractivity contribution in [3.8, 4) is 0 Å². The highest BCUT2D eigenvalue weighted by atomic mass is 32.2. The SMILES string of the molecule is CCC(C)[C@H](NC(=O)CSc1ccc(F)cc1)C(=O)O. The van der Waals surface area contributed by atoms with E-state index in [0.717, 1.165) is 4.90 Å². The fourth-order valence-corrected chi connectivity index (χ4v) is 2.29. The number of carbonyl (C=O) groups excluding carboxylic acids is 1. The Balaban J connectivity index is 2.49. The third-order valence-electron chi connectivity index (χ3n) is 2.98. The van der Waals surface area contributed by atoms with Crippen LogP contribution in [0.2, 0.25) is 0 Å². The van der Waals surface area contributed by atoms with Crippen LogP contribution in [0.25, 0.3) is 0 Å². The highest BCUT2D eigenvalue weighted by Gasteiger charge is 2.25. The van der Waals surface area contributed by atoms with Gasteiger partial charge in [0.1, 0.15) is 11.9 Å². The van der Waals surface area contributed by atoms with Gasteiger partial charge in [-0.2, -0.15) is 0 Å². The number of carbonyl (C=O) groups is 2. The van der Waals surface area contributed by atoms with Gasteiger partial charge in [-0.3, -0.25) is 4.79 Å². The van der Waals surface area contributed by atoms with Crippen LogP contribution >= 0.6 is 11.8 Å². The van der Waals surface area contributed by atoms with Crippen LogP contribution in [-0.2, 0) is 9.59 Å². The Morgan fingerprint density at radius 1 is 1.35 bits per heavy atom. The van der Waals surface area contributed by atoms with Crippen molar-refractivity contribution in [2.75, 3.05) is 5.75 Å². The second-order valence-electron chi connectivity index (χ2n) is 4.51. The highest BCUT2D eigenvalue weighted by molar-refractivity contribution is 8.00. The predicted octanol–water partition coefficient (Wildman–Crippen LogP) is 2.53. The minimum Gasteiger partial charge on any atom is -0.480 e. The summed E-state index contributed by atoms with van der Waals surface area (Å²) in [5, 5.41) is 11.6. The van der Waals surface area contributed by atoms with Crippen molar-refractivity contribution in [1.82, 2.24) is 5.32 Å². The first-order valence-corrected chi connectivity index (χ1v) is 7.33. The van der Waals surface area contributed by atoms with Crippen LogP contribution in [0.4, 0.5) is 4.39 Å². The maximum atomic E-state index is 12.7. The maximum Gasteiger partial charge on any atom is 0.326 e. The fraction of sp³-hybridized carbons (Fsp3) is 0.429. The average Bonchev–Trinajstić information content (AvgIpc) is 2.43. The molecule has 1 unspecified atom stereocenters. The molecule has 0 aliphatic heterocycles. The lowest BCUT2D eigenvalue weighted by molar-refractivity contribution is -0.143. The van der Waals surface area contributed by atoms with Crippen molar-refractivity contribution >= 4 is 23.6 Å². The second-order valence-corrected chi connectivity index (χ2v) is 5.56. The van der Waals surface area contributed by atoms with Gasteiger partial charge in [-0.05, 0) is 30.2 Å². The molecule has 4 nitrogen and oxygen atoms in total. The van der Waals surface area contributed by atoms with E-state index in [-0.39, 0.29) is 23.4 Å². The Morgan fingerprint density at radius 2 is 1.95 bits per heavy atom. The zero-order chi connectivity index (χ0) is 15.1. The van der Waals surface area contributed by atoms with Crippen molar-refractivity contribution in [1.29, 1.82) is 0 Å². The molecule has 20 heavy (non-hydrogen) atoms. The molecule has 1 rings (SSSR count). The van der Waals surface area contributed by atoms with Gasteiger partial charge in [0.05, 0.1) is 5.75 Å². The highest BCUT2D eigenvalue weighted by Crippen LogP contribution is 2.18. The Labute approximate surface area is 121 Å². The van der Waals surface area contributed by atoms with Gasteiger partial charge in [-0.25, -0.2) is 9.18 Å². The van der Waals surface area contributed by atoms with E-state index in [1.807, 2.05) is 6.92 Å². The molecule has 1 aromatic rings. The summed E-state index contributed by atoms with van der Waals surface area (Å²) in [4.78, 5) is 23.6. The van der Waals surface area contributed by atoms with E-state index in [2.05, 4.69) is 5.32 Å². The first kappa shape index (κ1) is 16.5. The number of amides is 1. The molecular formula is C14H18FNO3S. The lowest BCUT2D eigenvalue weighted by atomic mass is 9.99. The maximum absolute atomic E-state index is 12.7. The van der Waals surface area contributed by atoms with Gasteiger partial charge in [-0.1, -0.05) is 20.3 Å². The molecule has 110 valence electrons. The molecule has 2 N–H and O–H groups in total. The van der Waals surface area contributed by atoms with Crippen molar-refractivity contribution < 1.29 is 19.1 Å². The van der Waals surface area contributed by atoms with Crippen molar-refractivity contribution in [3.05, 3.63) is 30.1 Å². The smallest absolute Gasteiger partial charge is 0.326 e. The second kappa shape index (κ2) is 7.89. The Hall–Kier alpha value is -1.56. The monoisotopic (exact) mass is 299 g/mol. The van der Waals surface area contributed by atoms with E-state index in [1.54, 1.807) is 19.1 Å². The number of hydrogen-bond donors (Lipinski definition) is 2. The van der Waals surface area contributed by atoms with E-state index >= 15 is 0 Å². The van der Waals surface area contributed by atoms with E-state index in [1.165, 1.54) is 23.9 Å². The van der Waals surface area contributed by atoms with Crippen LogP contribution in [0.5, 0.6) is 0 Å². The van der Waals surface area contributed by atoms with Gasteiger partial charge >= 0.3 is 5.97 Å². The molecule has 0 saturated carbocycles. The molecule has 0 aromatic heterocycles. The fourth-order valence-electron chi connectivity index (χ4n) is 1.58. The van der Waals surface area contributed by atoms with Crippen LogP contribution in [0.3, 0.4) is 0 Å². The Morgan fingerprint density at radius 3 is 2.45 bits per heavy atom. The van der Waals surface area contributed by atoms with Gasteiger partial charge in [0.2, 0.25) is 5.91 Å². The van der Waals surface area contributed by atoms with E-state index in [9.17, 15) is 14.0 Å². The van der Waals surface area contributed by atoms with Crippen molar-refractivity contribution in [2.45, 2.75) is 31.2 Å². The normalized spacial score (nSPS) is 13.6. The predicted molar refractivity (Wildman–Crippen MR) is 76.1 cm³/mol. The lowest BCUT2D eigenvalue weighted by Crippen LogP contribution is -2.45. The van der Waals surface area contributed by atoms with E-state index in [0.29, 0.717) is 6.42 Å². The Kier molecular flexibility index (Phi) is 6.51. The summed E-state index contributed by atoms with van der Waals surface area (Å²) in [5.74, 6) is -1.73. The van der Waals surface area contributed by atoms with Gasteiger partial charge in [0.15, 0.2) is 0 Å². The summed E-state index contributed by atoms with van der Waals surface area (Å²) in [6.07, 6.45) is 0.669. The minimum absolute atomic E-state index is 0.103. The summed E-state index contributed by atoms with van der Waals surface area (Å²) in [5.41, 5.74) is 0. The number of aliphatic carboxylic acids is 1. The van der Waals surface area contributed by atoms with E-state index < -0.39 is 12.0 Å². The van der Waals surface area contributed by atoms with Crippen molar-refractivity contribution in [2.24, 2.45) is 5.92 Å². The topological polar surface area (TPSA) is 66.4 Å². The lowest BCUT2D eigenvalue weighted by Gasteiger charge is -2.19. The molecule has 0 heterocycles. The summed E-state index contributed by atoms with van der Waals surface area (Å²) < 4.78 is 12.7. The molecular weight excluding hydrogens is 281 g/mol. The number of carboxylic acids is 1. The molecule has 0 spiro atoms. The molecule has 0 bridgehead atoms. The zero-order valence-corrected chi connectivity index (χ0v) is 12.2. The van der Waals surface area contributed by atoms with Crippen LogP contribution in [0.15, 0.2) is 29.2 Å². The number of rotatable bonds is 7. The largest absolute Gasteiger partial charge is 0.480 e. The standard InChI is InChI=1S/C14H18FNO3S/c1-3-9(2)13(14(18)19)16-12(17)8-20-11-6-4-10(15)5-7-11/h4-7,9,13H,3,8H2,1-2H3,(H,16,17)(H,18,19)/t9?,13-/m0/s1. The molecule has 0 fully saturated rings. The summed E-state index contributed by atoms with van der Waals surface area (Å²) in [6, 6.07) is 4.92. The molecule has 1 aromatic carbocycles. The molecule has 2 atom stereocenters. The quantitative estimate of drug-likeness (QED) is 0.759. The third kappa shape index (κ3) is 5.21. The number of carboxylic acid groups (broad SMARTS) is 1. The zero-order valence-electron chi connectivity index (χ0n) is 11.4. The van der Waals surface area contributed by atoms with Crippen LogP contribution < -0.4 is 5.32 Å².